The summed E-state index contributed by atoms with van der Waals surface area (Å²) >= 11 is 0. The quantitative estimate of drug-likeness (QED) is 0.923. The fraction of sp³-hybridized carbons (Fsp3) is 0.526. The van der Waals surface area contributed by atoms with E-state index in [-0.39, 0.29) is 0 Å². The van der Waals surface area contributed by atoms with E-state index in [0.717, 1.165) is 50.3 Å². The largest absolute Gasteiger partial charge is 0.387 e. The second-order valence-electron chi connectivity index (χ2n) is 7.05. The maximum absolute atomic E-state index is 10.5. The number of β-amino-alcohol motifs (C(OH)–C–C–N with tert-alkyl or cyclic N) is 1. The number of hydrogen-bond donors (Lipinski definition) is 1. The number of likely N-dealkylation sites (tertiary alicyclic amines) is 1. The van der Waals surface area contributed by atoms with Crippen LogP contribution >= 0.6 is 0 Å². The van der Waals surface area contributed by atoms with Crippen molar-refractivity contribution in [1.82, 2.24) is 19.7 Å². The lowest BCUT2D eigenvalue weighted by molar-refractivity contribution is 0.0962. The number of nitriles is 1. The van der Waals surface area contributed by atoms with Crippen LogP contribution in [0.2, 0.25) is 0 Å². The molecule has 0 radical (unpaired) electrons. The van der Waals surface area contributed by atoms with Crippen LogP contribution in [0.3, 0.4) is 0 Å². The summed E-state index contributed by atoms with van der Waals surface area (Å²) in [5.74, 6) is 2.80. The molecular weight excluding hydrogens is 314 g/mol. The number of aromatic nitrogens is 3. The lowest BCUT2D eigenvalue weighted by atomic mass is 9.95. The molecule has 0 amide bonds. The molecule has 1 aromatic carbocycles. The summed E-state index contributed by atoms with van der Waals surface area (Å²) < 4.78 is 2.31. The van der Waals surface area contributed by atoms with Gasteiger partial charge in [-0.25, -0.2) is 0 Å². The molecule has 3 heterocycles. The zero-order chi connectivity index (χ0) is 17.2. The van der Waals surface area contributed by atoms with Gasteiger partial charge in [0.15, 0.2) is 0 Å². The fourth-order valence-electron chi connectivity index (χ4n) is 3.98. The molecule has 1 saturated heterocycles. The van der Waals surface area contributed by atoms with Gasteiger partial charge in [-0.3, -0.25) is 0 Å². The number of hydrogen-bond acceptors (Lipinski definition) is 5. The monoisotopic (exact) mass is 337 g/mol. The Balaban J connectivity index is 1.33. The zero-order valence-electron chi connectivity index (χ0n) is 14.3. The van der Waals surface area contributed by atoms with Crippen LogP contribution < -0.4 is 0 Å². The Morgan fingerprint density at radius 1 is 1.16 bits per heavy atom. The molecule has 0 spiro atoms. The van der Waals surface area contributed by atoms with Crippen molar-refractivity contribution in [2.24, 2.45) is 0 Å². The normalized spacial score (nSPS) is 19.5. The Labute approximate surface area is 147 Å². The van der Waals surface area contributed by atoms with Crippen LogP contribution in [0.4, 0.5) is 0 Å². The molecule has 0 aliphatic carbocycles. The Morgan fingerprint density at radius 3 is 2.64 bits per heavy atom. The first-order valence-corrected chi connectivity index (χ1v) is 9.07. The van der Waals surface area contributed by atoms with E-state index in [1.165, 1.54) is 12.2 Å². The predicted octanol–water partition coefficient (Wildman–Crippen LogP) is 2.01. The van der Waals surface area contributed by atoms with Crippen molar-refractivity contribution in [2.45, 2.75) is 44.2 Å². The second kappa shape index (κ2) is 6.95. The van der Waals surface area contributed by atoms with Gasteiger partial charge >= 0.3 is 0 Å². The smallest absolute Gasteiger partial charge is 0.136 e. The van der Waals surface area contributed by atoms with Crippen LogP contribution in [-0.4, -0.2) is 44.4 Å². The van der Waals surface area contributed by atoms with Crippen molar-refractivity contribution in [3.63, 3.8) is 0 Å². The van der Waals surface area contributed by atoms with Gasteiger partial charge in [-0.1, -0.05) is 12.1 Å². The van der Waals surface area contributed by atoms with Crippen LogP contribution in [0, 0.1) is 11.3 Å². The number of benzene rings is 1. The van der Waals surface area contributed by atoms with E-state index in [1.54, 1.807) is 12.1 Å². The minimum atomic E-state index is -0.512. The third kappa shape index (κ3) is 3.30. The van der Waals surface area contributed by atoms with Gasteiger partial charge in [0.05, 0.1) is 17.7 Å². The van der Waals surface area contributed by atoms with E-state index in [4.69, 9.17) is 5.26 Å². The van der Waals surface area contributed by atoms with Gasteiger partial charge in [0.1, 0.15) is 11.6 Å². The number of aliphatic hydroxyl groups excluding tert-OH is 1. The molecule has 2 aliphatic rings. The van der Waals surface area contributed by atoms with Crippen molar-refractivity contribution < 1.29 is 5.11 Å². The number of fused-ring (bicyclic) bond motifs is 1. The summed E-state index contributed by atoms with van der Waals surface area (Å²) in [6.45, 7) is 3.65. The van der Waals surface area contributed by atoms with Gasteiger partial charge < -0.3 is 14.6 Å². The highest BCUT2D eigenvalue weighted by molar-refractivity contribution is 5.32. The average molecular weight is 337 g/mol. The Bertz CT molecular complexity index is 768. The lowest BCUT2D eigenvalue weighted by Crippen LogP contribution is -2.36. The molecule has 4 rings (SSSR count). The van der Waals surface area contributed by atoms with Crippen LogP contribution in [0.15, 0.2) is 24.3 Å². The summed E-state index contributed by atoms with van der Waals surface area (Å²) in [5.41, 5.74) is 1.49. The first-order valence-electron chi connectivity index (χ1n) is 9.07. The van der Waals surface area contributed by atoms with E-state index >= 15 is 0 Å². The van der Waals surface area contributed by atoms with Gasteiger partial charge in [0.25, 0.3) is 0 Å². The minimum Gasteiger partial charge on any atom is -0.387 e. The molecule has 1 N–H and O–H groups in total. The Kier molecular flexibility index (Phi) is 4.51. The van der Waals surface area contributed by atoms with Gasteiger partial charge in [0.2, 0.25) is 0 Å². The maximum atomic E-state index is 10.5. The van der Waals surface area contributed by atoms with Crippen LogP contribution in [0.5, 0.6) is 0 Å². The highest BCUT2D eigenvalue weighted by Gasteiger charge is 2.28. The van der Waals surface area contributed by atoms with Crippen molar-refractivity contribution in [3.05, 3.63) is 47.0 Å². The molecule has 0 saturated carbocycles. The predicted molar refractivity (Wildman–Crippen MR) is 92.9 cm³/mol. The standard InChI is InChI=1S/C19H23N5O/c20-12-14-3-5-15(6-4-14)17(25)13-23-10-7-16(8-11-23)19-22-21-18-2-1-9-24(18)19/h3-6,16-17,25H,1-2,7-11,13H2. The molecule has 2 aliphatic heterocycles. The third-order valence-electron chi connectivity index (χ3n) is 5.45. The average Bonchev–Trinajstić information content (AvgIpc) is 3.26. The Morgan fingerprint density at radius 2 is 1.92 bits per heavy atom. The highest BCUT2D eigenvalue weighted by atomic mass is 16.3. The highest BCUT2D eigenvalue weighted by Crippen LogP contribution is 2.30. The molecule has 130 valence electrons. The second-order valence-corrected chi connectivity index (χ2v) is 7.05. The molecule has 0 bridgehead atoms. The number of aliphatic hydroxyl groups is 1. The number of piperidine rings is 1. The number of nitrogens with zero attached hydrogens (tertiary/aromatic N) is 5. The fourth-order valence-corrected chi connectivity index (χ4v) is 3.98. The topological polar surface area (TPSA) is 78.0 Å². The summed E-state index contributed by atoms with van der Waals surface area (Å²) in [6.07, 6.45) is 3.87. The maximum Gasteiger partial charge on any atom is 0.136 e. The first kappa shape index (κ1) is 16.2. The molecule has 1 aromatic heterocycles. The number of rotatable bonds is 4. The summed E-state index contributed by atoms with van der Waals surface area (Å²) in [6, 6.07) is 9.31. The lowest BCUT2D eigenvalue weighted by Gasteiger charge is -2.32. The first-order chi connectivity index (χ1) is 12.2. The molecule has 6 heteroatoms. The SMILES string of the molecule is N#Cc1ccc(C(O)CN2CCC(c3nnc4n3CCC4)CC2)cc1. The van der Waals surface area contributed by atoms with Crippen molar-refractivity contribution in [1.29, 1.82) is 5.26 Å². The molecule has 1 atom stereocenters. The third-order valence-corrected chi connectivity index (χ3v) is 5.45. The van der Waals surface area contributed by atoms with E-state index in [1.807, 2.05) is 12.1 Å². The summed E-state index contributed by atoms with van der Waals surface area (Å²) in [7, 11) is 0. The molecule has 6 nitrogen and oxygen atoms in total. The molecule has 1 unspecified atom stereocenters. The number of aryl methyl sites for hydroxylation is 1. The van der Waals surface area contributed by atoms with Crippen LogP contribution in [-0.2, 0) is 13.0 Å². The van der Waals surface area contributed by atoms with Gasteiger partial charge in [-0.15, -0.1) is 10.2 Å². The van der Waals surface area contributed by atoms with E-state index < -0.39 is 6.10 Å². The minimum absolute atomic E-state index is 0.489. The van der Waals surface area contributed by atoms with Crippen molar-refractivity contribution in [2.75, 3.05) is 19.6 Å². The Hall–Kier alpha value is -2.23. The zero-order valence-corrected chi connectivity index (χ0v) is 14.3. The van der Waals surface area contributed by atoms with Crippen LogP contribution in [0.25, 0.3) is 0 Å². The van der Waals surface area contributed by atoms with E-state index in [9.17, 15) is 5.11 Å². The summed E-state index contributed by atoms with van der Waals surface area (Å²) in [5, 5.41) is 28.1. The van der Waals surface area contributed by atoms with Gasteiger partial charge in [0, 0.05) is 25.4 Å². The molecule has 2 aromatic rings. The van der Waals surface area contributed by atoms with Gasteiger partial charge in [-0.2, -0.15) is 5.26 Å². The van der Waals surface area contributed by atoms with Crippen molar-refractivity contribution in [3.8, 4) is 6.07 Å². The van der Waals surface area contributed by atoms with Crippen molar-refractivity contribution >= 4 is 0 Å². The molecule has 1 fully saturated rings. The summed E-state index contributed by atoms with van der Waals surface area (Å²) in [4.78, 5) is 2.32. The van der Waals surface area contributed by atoms with Gasteiger partial charge in [-0.05, 0) is 50.0 Å². The van der Waals surface area contributed by atoms with E-state index in [0.29, 0.717) is 18.0 Å². The molecule has 25 heavy (non-hydrogen) atoms. The molecular formula is C19H23N5O. The van der Waals surface area contributed by atoms with E-state index in [2.05, 4.69) is 25.7 Å². The van der Waals surface area contributed by atoms with Crippen LogP contribution in [0.1, 0.15) is 54.1 Å².